The minimum absolute atomic E-state index is 0.590. The molecule has 0 spiro atoms. The summed E-state index contributed by atoms with van der Waals surface area (Å²) in [5.41, 5.74) is 10.2. The molecule has 0 bridgehead atoms. The summed E-state index contributed by atoms with van der Waals surface area (Å²) in [4.78, 5) is 16.1. The van der Waals surface area contributed by atoms with Crippen molar-refractivity contribution >= 4 is 92.4 Å². The number of aromatic nitrogens is 4. The number of benzene rings is 10. The summed E-state index contributed by atoms with van der Waals surface area (Å²) in [6.45, 7) is 0. The molecule has 4 heterocycles. The lowest BCUT2D eigenvalue weighted by molar-refractivity contribution is 0.669. The molecule has 0 saturated carbocycles. The van der Waals surface area contributed by atoms with Crippen LogP contribution in [0.4, 0.5) is 0 Å². The van der Waals surface area contributed by atoms with Gasteiger partial charge in [-0.05, 0) is 85.9 Å². The van der Waals surface area contributed by atoms with E-state index in [2.05, 4.69) is 150 Å². The highest BCUT2D eigenvalue weighted by Crippen LogP contribution is 2.45. The molecule has 14 rings (SSSR count). The fraction of sp³-hybridized carbons (Fsp3) is 0. The lowest BCUT2D eigenvalue weighted by atomic mass is 9.88. The largest absolute Gasteiger partial charge is 0.456 e. The molecule has 0 radical (unpaired) electrons. The molecular formula is C57H32N4O. The Morgan fingerprint density at radius 2 is 0.839 bits per heavy atom. The molecule has 62 heavy (non-hydrogen) atoms. The molecule has 0 aliphatic rings. The third-order valence-electron chi connectivity index (χ3n) is 13.0. The maximum absolute atomic E-state index is 6.37. The molecule has 0 aliphatic carbocycles. The predicted octanol–water partition coefficient (Wildman–Crippen LogP) is 15.0. The number of fused-ring (bicyclic) bond motifs is 15. The van der Waals surface area contributed by atoms with E-state index in [4.69, 9.17) is 19.4 Å². The summed E-state index contributed by atoms with van der Waals surface area (Å²) < 4.78 is 8.81. The second kappa shape index (κ2) is 12.6. The predicted molar refractivity (Wildman–Crippen MR) is 256 cm³/mol. The monoisotopic (exact) mass is 788 g/mol. The molecular weight excluding hydrogens is 757 g/mol. The van der Waals surface area contributed by atoms with Crippen LogP contribution in [0.5, 0.6) is 0 Å². The summed E-state index contributed by atoms with van der Waals surface area (Å²) in [5, 5.41) is 14.2. The first-order valence-electron chi connectivity index (χ1n) is 21.0. The molecule has 5 nitrogen and oxygen atoms in total. The van der Waals surface area contributed by atoms with E-state index >= 15 is 0 Å². The standard InChI is InChI=1S/C57H32N4O/c1-2-14-33(15-3-1)55-58-56(43-24-13-27-52-53(43)42-21-9-11-26-51(42)62-52)60-57(59-55)48-32-46-38-19-7-5-17-36(38)35-16-4-6-18-37(35)45(46)31-44(48)34-28-29-50-47(30-34)41-23-12-22-40-39-20-8-10-25-49(39)61(50)54(40)41/h1-32H. The zero-order valence-electron chi connectivity index (χ0n) is 33.2. The van der Waals surface area contributed by atoms with Crippen molar-refractivity contribution in [3.63, 3.8) is 0 Å². The fourth-order valence-electron chi connectivity index (χ4n) is 10.3. The van der Waals surface area contributed by atoms with E-state index in [-0.39, 0.29) is 0 Å². The van der Waals surface area contributed by atoms with Gasteiger partial charge in [-0.3, -0.25) is 0 Å². The zero-order valence-corrected chi connectivity index (χ0v) is 33.2. The summed E-state index contributed by atoms with van der Waals surface area (Å²) in [6, 6.07) is 69.1. The Balaban J connectivity index is 1.11. The average Bonchev–Trinajstić information content (AvgIpc) is 4.01. The molecule has 10 aromatic carbocycles. The summed E-state index contributed by atoms with van der Waals surface area (Å²) in [5.74, 6) is 1.80. The molecule has 0 atom stereocenters. The van der Waals surface area contributed by atoms with Crippen molar-refractivity contribution in [2.24, 2.45) is 0 Å². The second-order valence-corrected chi connectivity index (χ2v) is 16.3. The number of hydrogen-bond acceptors (Lipinski definition) is 4. The summed E-state index contributed by atoms with van der Waals surface area (Å²) in [6.07, 6.45) is 0. The van der Waals surface area contributed by atoms with Gasteiger partial charge in [-0.2, -0.15) is 0 Å². The highest BCUT2D eigenvalue weighted by molar-refractivity contribution is 6.27. The van der Waals surface area contributed by atoms with Crippen LogP contribution in [0.25, 0.3) is 138 Å². The van der Waals surface area contributed by atoms with E-state index in [9.17, 15) is 0 Å². The molecule has 5 heteroatoms. The number of hydrogen-bond donors (Lipinski definition) is 0. The Labute approximate surface area is 354 Å². The second-order valence-electron chi connectivity index (χ2n) is 16.3. The van der Waals surface area contributed by atoms with Crippen molar-refractivity contribution < 1.29 is 4.42 Å². The van der Waals surface area contributed by atoms with Gasteiger partial charge in [-0.15, -0.1) is 0 Å². The van der Waals surface area contributed by atoms with Crippen LogP contribution < -0.4 is 0 Å². The Bertz CT molecular complexity index is 4160. The smallest absolute Gasteiger partial charge is 0.164 e. The lowest BCUT2D eigenvalue weighted by Crippen LogP contribution is -2.01. The van der Waals surface area contributed by atoms with Gasteiger partial charge in [0.2, 0.25) is 0 Å². The van der Waals surface area contributed by atoms with Crippen LogP contribution in [-0.4, -0.2) is 19.4 Å². The van der Waals surface area contributed by atoms with E-state index in [0.717, 1.165) is 55.1 Å². The SMILES string of the molecule is c1ccc(-c2nc(-c3cc4c5ccccc5c5ccccc5c4cc3-c3ccc4c(c3)c3cccc5c6ccccc6n4c53)nc(-c3cccc4oc5ccccc5c34)n2)cc1. The number of para-hydroxylation sites is 3. The van der Waals surface area contributed by atoms with Crippen LogP contribution >= 0.6 is 0 Å². The summed E-state index contributed by atoms with van der Waals surface area (Å²) >= 11 is 0. The van der Waals surface area contributed by atoms with E-state index in [1.807, 2.05) is 48.5 Å². The number of rotatable bonds is 4. The van der Waals surface area contributed by atoms with Crippen LogP contribution in [0.3, 0.4) is 0 Å². The normalized spacial score (nSPS) is 12.2. The molecule has 0 amide bonds. The van der Waals surface area contributed by atoms with E-state index in [0.29, 0.717) is 17.5 Å². The quantitative estimate of drug-likeness (QED) is 0.167. The molecule has 0 unspecified atom stereocenters. The Morgan fingerprint density at radius 1 is 0.306 bits per heavy atom. The summed E-state index contributed by atoms with van der Waals surface area (Å²) in [7, 11) is 0. The van der Waals surface area contributed by atoms with Gasteiger partial charge in [-0.25, -0.2) is 15.0 Å². The maximum Gasteiger partial charge on any atom is 0.164 e. The van der Waals surface area contributed by atoms with Crippen LogP contribution in [0.15, 0.2) is 199 Å². The minimum Gasteiger partial charge on any atom is -0.456 e. The van der Waals surface area contributed by atoms with Gasteiger partial charge >= 0.3 is 0 Å². The van der Waals surface area contributed by atoms with Crippen molar-refractivity contribution in [2.45, 2.75) is 0 Å². The highest BCUT2D eigenvalue weighted by atomic mass is 16.3. The van der Waals surface area contributed by atoms with Gasteiger partial charge in [0.05, 0.1) is 16.6 Å². The van der Waals surface area contributed by atoms with Crippen LogP contribution in [0, 0.1) is 0 Å². The average molecular weight is 789 g/mol. The first kappa shape index (κ1) is 33.4. The van der Waals surface area contributed by atoms with Gasteiger partial charge in [0.1, 0.15) is 11.2 Å². The number of furan rings is 1. The molecule has 0 saturated heterocycles. The van der Waals surface area contributed by atoms with Crippen molar-refractivity contribution in [3.8, 4) is 45.3 Å². The number of nitrogens with zero attached hydrogens (tertiary/aromatic N) is 4. The molecule has 0 aliphatic heterocycles. The zero-order chi connectivity index (χ0) is 40.5. The van der Waals surface area contributed by atoms with Crippen LogP contribution in [0.1, 0.15) is 0 Å². The van der Waals surface area contributed by atoms with Crippen molar-refractivity contribution in [1.29, 1.82) is 0 Å². The minimum atomic E-state index is 0.590. The van der Waals surface area contributed by atoms with Gasteiger partial charge in [0.15, 0.2) is 17.5 Å². The van der Waals surface area contributed by atoms with Gasteiger partial charge in [-0.1, -0.05) is 152 Å². The molecule has 14 aromatic rings. The first-order valence-corrected chi connectivity index (χ1v) is 21.0. The Morgan fingerprint density at radius 3 is 1.60 bits per heavy atom. The Kier molecular flexibility index (Phi) is 6.77. The highest BCUT2D eigenvalue weighted by Gasteiger charge is 2.23. The van der Waals surface area contributed by atoms with E-state index < -0.39 is 0 Å². The molecule has 286 valence electrons. The van der Waals surface area contributed by atoms with Gasteiger partial charge in [0, 0.05) is 49.0 Å². The molecule has 0 N–H and O–H groups in total. The first-order chi connectivity index (χ1) is 30.7. The van der Waals surface area contributed by atoms with E-state index in [1.54, 1.807) is 0 Å². The Hall–Kier alpha value is -8.41. The van der Waals surface area contributed by atoms with Crippen molar-refractivity contribution in [3.05, 3.63) is 194 Å². The van der Waals surface area contributed by atoms with Crippen LogP contribution in [0.2, 0.25) is 0 Å². The van der Waals surface area contributed by atoms with Crippen molar-refractivity contribution in [1.82, 2.24) is 19.4 Å². The third kappa shape index (κ3) is 4.65. The van der Waals surface area contributed by atoms with Gasteiger partial charge < -0.3 is 8.82 Å². The maximum atomic E-state index is 6.37. The third-order valence-corrected chi connectivity index (χ3v) is 13.0. The fourth-order valence-corrected chi connectivity index (χ4v) is 10.3. The lowest BCUT2D eigenvalue weighted by Gasteiger charge is -2.17. The van der Waals surface area contributed by atoms with E-state index in [1.165, 1.54) is 65.0 Å². The molecule has 4 aromatic heterocycles. The molecule has 0 fully saturated rings. The van der Waals surface area contributed by atoms with Gasteiger partial charge in [0.25, 0.3) is 0 Å². The van der Waals surface area contributed by atoms with Crippen molar-refractivity contribution in [2.75, 3.05) is 0 Å². The topological polar surface area (TPSA) is 56.2 Å². The van der Waals surface area contributed by atoms with Crippen LogP contribution in [-0.2, 0) is 0 Å².